The minimum absolute atomic E-state index is 0.224. The van der Waals surface area contributed by atoms with Crippen molar-refractivity contribution >= 4 is 63.8 Å². The lowest BCUT2D eigenvalue weighted by Gasteiger charge is -2.26. The lowest BCUT2D eigenvalue weighted by atomic mass is 10.1. The zero-order chi connectivity index (χ0) is 28.1. The summed E-state index contributed by atoms with van der Waals surface area (Å²) < 4.78 is 17.0. The molecule has 1 fully saturated rings. The highest BCUT2D eigenvalue weighted by molar-refractivity contribution is 14.1. The monoisotopic (exact) mass is 641 g/mol. The Balaban J connectivity index is 1.55. The van der Waals surface area contributed by atoms with Gasteiger partial charge in [0.05, 0.1) is 29.2 Å². The van der Waals surface area contributed by atoms with Crippen LogP contribution in [0.4, 0.5) is 16.2 Å². The summed E-state index contributed by atoms with van der Waals surface area (Å²) in [5.74, 6) is -0.862. The van der Waals surface area contributed by atoms with Crippen LogP contribution in [0.15, 0.2) is 66.2 Å². The molecule has 200 valence electrons. The molecule has 0 radical (unpaired) electrons. The highest BCUT2D eigenvalue weighted by atomic mass is 127. The average molecular weight is 641 g/mol. The summed E-state index contributed by atoms with van der Waals surface area (Å²) in [5.41, 5.74) is 2.03. The van der Waals surface area contributed by atoms with Gasteiger partial charge >= 0.3 is 6.03 Å². The first kappa shape index (κ1) is 27.6. The van der Waals surface area contributed by atoms with Gasteiger partial charge in [-0.3, -0.25) is 19.7 Å². The lowest BCUT2D eigenvalue weighted by molar-refractivity contribution is -0.122. The smallest absolute Gasteiger partial charge is 0.335 e. The van der Waals surface area contributed by atoms with Crippen LogP contribution < -0.4 is 29.7 Å². The largest absolute Gasteiger partial charge is 0.495 e. The van der Waals surface area contributed by atoms with Crippen LogP contribution >= 0.6 is 22.6 Å². The van der Waals surface area contributed by atoms with Crippen LogP contribution in [0.25, 0.3) is 6.08 Å². The lowest BCUT2D eigenvalue weighted by Crippen LogP contribution is -2.54. The van der Waals surface area contributed by atoms with Crippen molar-refractivity contribution < 1.29 is 33.4 Å². The molecule has 1 heterocycles. The topological polar surface area (TPSA) is 123 Å². The van der Waals surface area contributed by atoms with Crippen molar-refractivity contribution in [3.63, 3.8) is 0 Å². The number of carbonyl (C=O) groups is 4. The number of hydrogen-bond acceptors (Lipinski definition) is 7. The number of para-hydroxylation sites is 2. The van der Waals surface area contributed by atoms with Gasteiger partial charge in [0.25, 0.3) is 17.7 Å². The number of halogens is 1. The van der Waals surface area contributed by atoms with Gasteiger partial charge in [0.1, 0.15) is 11.3 Å². The zero-order valence-corrected chi connectivity index (χ0v) is 23.4. The molecular formula is C28H24IN3O7. The Morgan fingerprint density at radius 3 is 2.38 bits per heavy atom. The second-order valence-electron chi connectivity index (χ2n) is 8.36. The standard InChI is InChI=1S/C28H24IN3O7/c1-16-8-10-18(11-9-16)32-27(35)19(26(34)31-28(32)36)12-17-13-20(29)25(23(14-17)38-3)39-15-24(33)30-21-6-4-5-7-22(21)37-2/h4-14H,15H2,1-3H3,(H,30,33)(H,31,34,36). The van der Waals surface area contributed by atoms with E-state index in [1.54, 1.807) is 60.7 Å². The SMILES string of the molecule is COc1ccccc1NC(=O)COc1c(I)cc(C=C2C(=O)NC(=O)N(c3ccc(C)cc3)C2=O)cc1OC. The molecule has 39 heavy (non-hydrogen) atoms. The van der Waals surface area contributed by atoms with Gasteiger partial charge in [-0.05, 0) is 77.6 Å². The van der Waals surface area contributed by atoms with E-state index in [-0.39, 0.29) is 17.9 Å². The van der Waals surface area contributed by atoms with E-state index in [0.29, 0.717) is 32.0 Å². The van der Waals surface area contributed by atoms with Gasteiger partial charge in [-0.2, -0.15) is 0 Å². The minimum Gasteiger partial charge on any atom is -0.495 e. The number of aryl methyl sites for hydroxylation is 1. The van der Waals surface area contributed by atoms with Crippen molar-refractivity contribution in [2.24, 2.45) is 0 Å². The van der Waals surface area contributed by atoms with Gasteiger partial charge in [-0.15, -0.1) is 0 Å². The van der Waals surface area contributed by atoms with Crippen molar-refractivity contribution in [1.82, 2.24) is 5.32 Å². The molecule has 3 aromatic carbocycles. The van der Waals surface area contributed by atoms with Gasteiger partial charge in [0.15, 0.2) is 18.1 Å². The molecule has 2 N–H and O–H groups in total. The second-order valence-corrected chi connectivity index (χ2v) is 9.53. The molecule has 1 aliphatic rings. The maximum atomic E-state index is 13.2. The molecule has 0 bridgehead atoms. The van der Waals surface area contributed by atoms with Crippen LogP contribution in [-0.4, -0.2) is 44.6 Å². The number of hydrogen-bond donors (Lipinski definition) is 2. The summed E-state index contributed by atoms with van der Waals surface area (Å²) >= 11 is 2.01. The molecular weight excluding hydrogens is 617 g/mol. The normalized spacial score (nSPS) is 14.2. The van der Waals surface area contributed by atoms with Crippen LogP contribution in [0.5, 0.6) is 17.2 Å². The molecule has 0 aliphatic carbocycles. The van der Waals surface area contributed by atoms with Crippen LogP contribution in [0, 0.1) is 10.5 Å². The quantitative estimate of drug-likeness (QED) is 0.214. The van der Waals surface area contributed by atoms with E-state index < -0.39 is 23.8 Å². The number of rotatable bonds is 8. The Hall–Kier alpha value is -4.39. The second kappa shape index (κ2) is 12.0. The fourth-order valence-electron chi connectivity index (χ4n) is 3.79. The third kappa shape index (κ3) is 6.20. The van der Waals surface area contributed by atoms with Crippen LogP contribution in [-0.2, 0) is 14.4 Å². The summed E-state index contributed by atoms with van der Waals surface area (Å²) in [6.45, 7) is 1.57. The van der Waals surface area contributed by atoms with E-state index in [1.807, 2.05) is 29.5 Å². The van der Waals surface area contributed by atoms with E-state index >= 15 is 0 Å². The molecule has 3 aromatic rings. The Kier molecular flexibility index (Phi) is 8.49. The number of nitrogens with zero attached hydrogens (tertiary/aromatic N) is 1. The fourth-order valence-corrected chi connectivity index (χ4v) is 4.57. The Bertz CT molecular complexity index is 1480. The third-order valence-electron chi connectivity index (χ3n) is 5.69. The maximum Gasteiger partial charge on any atom is 0.335 e. The Labute approximate surface area is 238 Å². The molecule has 1 saturated heterocycles. The highest BCUT2D eigenvalue weighted by Gasteiger charge is 2.36. The molecule has 0 saturated carbocycles. The van der Waals surface area contributed by atoms with Crippen LogP contribution in [0.1, 0.15) is 11.1 Å². The first-order chi connectivity index (χ1) is 18.7. The number of carbonyl (C=O) groups excluding carboxylic acids is 4. The molecule has 5 amide bonds. The molecule has 0 spiro atoms. The predicted octanol–water partition coefficient (Wildman–Crippen LogP) is 4.30. The number of methoxy groups -OCH3 is 2. The average Bonchev–Trinajstić information content (AvgIpc) is 2.91. The van der Waals surface area contributed by atoms with Crippen molar-refractivity contribution in [1.29, 1.82) is 0 Å². The number of amides is 5. The number of imide groups is 2. The number of benzene rings is 3. The van der Waals surface area contributed by atoms with E-state index in [9.17, 15) is 19.2 Å². The fraction of sp³-hybridized carbons (Fsp3) is 0.143. The predicted molar refractivity (Wildman–Crippen MR) is 153 cm³/mol. The third-order valence-corrected chi connectivity index (χ3v) is 6.49. The van der Waals surface area contributed by atoms with Crippen molar-refractivity contribution in [2.45, 2.75) is 6.92 Å². The number of urea groups is 1. The molecule has 0 aromatic heterocycles. The van der Waals surface area contributed by atoms with E-state index in [2.05, 4.69) is 10.6 Å². The summed E-state index contributed by atoms with van der Waals surface area (Å²) in [7, 11) is 2.94. The molecule has 10 nitrogen and oxygen atoms in total. The highest BCUT2D eigenvalue weighted by Crippen LogP contribution is 2.35. The van der Waals surface area contributed by atoms with Crippen LogP contribution in [0.3, 0.4) is 0 Å². The number of ether oxygens (including phenoxy) is 3. The van der Waals surface area contributed by atoms with E-state index in [0.717, 1.165) is 10.5 Å². The molecule has 0 atom stereocenters. The van der Waals surface area contributed by atoms with Gasteiger partial charge in [-0.25, -0.2) is 9.69 Å². The van der Waals surface area contributed by atoms with Gasteiger partial charge in [0.2, 0.25) is 0 Å². The first-order valence-electron chi connectivity index (χ1n) is 11.6. The number of nitrogens with one attached hydrogen (secondary N) is 2. The van der Waals surface area contributed by atoms with Gasteiger partial charge in [0, 0.05) is 0 Å². The number of barbiturate groups is 1. The van der Waals surface area contributed by atoms with Crippen molar-refractivity contribution in [3.8, 4) is 17.2 Å². The summed E-state index contributed by atoms with van der Waals surface area (Å²) in [4.78, 5) is 51.6. The summed E-state index contributed by atoms with van der Waals surface area (Å²) in [6.07, 6.45) is 1.37. The Morgan fingerprint density at radius 2 is 1.69 bits per heavy atom. The van der Waals surface area contributed by atoms with E-state index in [1.165, 1.54) is 20.3 Å². The maximum absolute atomic E-state index is 13.2. The first-order valence-corrected chi connectivity index (χ1v) is 12.7. The molecule has 1 aliphatic heterocycles. The van der Waals surface area contributed by atoms with E-state index in [4.69, 9.17) is 14.2 Å². The molecule has 11 heteroatoms. The summed E-state index contributed by atoms with van der Waals surface area (Å²) in [6, 6.07) is 16.2. The zero-order valence-electron chi connectivity index (χ0n) is 21.2. The van der Waals surface area contributed by atoms with Crippen molar-refractivity contribution in [2.75, 3.05) is 31.0 Å². The minimum atomic E-state index is -0.826. The molecule has 0 unspecified atom stereocenters. The summed E-state index contributed by atoms with van der Waals surface area (Å²) in [5, 5.41) is 4.94. The van der Waals surface area contributed by atoms with Gasteiger partial charge < -0.3 is 19.5 Å². The van der Waals surface area contributed by atoms with Crippen molar-refractivity contribution in [3.05, 3.63) is 80.9 Å². The van der Waals surface area contributed by atoms with Crippen LogP contribution in [0.2, 0.25) is 0 Å². The van der Waals surface area contributed by atoms with Gasteiger partial charge in [-0.1, -0.05) is 29.8 Å². The number of anilines is 2. The Morgan fingerprint density at radius 1 is 1.00 bits per heavy atom. The molecule has 4 rings (SSSR count).